The lowest BCUT2D eigenvalue weighted by Gasteiger charge is -2.22. The van der Waals surface area contributed by atoms with E-state index in [1.807, 2.05) is 50.2 Å². The lowest BCUT2D eigenvalue weighted by atomic mass is 10.1. The SMILES string of the molecule is CC[C@H](C)NC(=O)c1ccc(CN(Cc2ccc(OC)cc2)Cc2cccc(F)c2)o1. The third kappa shape index (κ3) is 6.69. The van der Waals surface area contributed by atoms with Crippen LogP contribution in [0, 0.1) is 5.82 Å². The maximum absolute atomic E-state index is 13.7. The monoisotopic (exact) mass is 424 g/mol. The van der Waals surface area contributed by atoms with Crippen LogP contribution in [0.1, 0.15) is 47.7 Å². The first kappa shape index (κ1) is 22.6. The van der Waals surface area contributed by atoms with Crippen molar-refractivity contribution in [1.29, 1.82) is 0 Å². The number of furan rings is 1. The number of carbonyl (C=O) groups is 1. The molecule has 3 rings (SSSR count). The number of rotatable bonds is 10. The molecule has 1 aromatic heterocycles. The summed E-state index contributed by atoms with van der Waals surface area (Å²) in [6.07, 6.45) is 0.850. The van der Waals surface area contributed by atoms with Crippen molar-refractivity contribution in [2.75, 3.05) is 7.11 Å². The Hall–Kier alpha value is -3.12. The van der Waals surface area contributed by atoms with Gasteiger partial charge in [-0.15, -0.1) is 0 Å². The molecule has 3 aromatic rings. The summed E-state index contributed by atoms with van der Waals surface area (Å²) in [5, 5.41) is 2.91. The Morgan fingerprint density at radius 1 is 1.06 bits per heavy atom. The molecule has 0 saturated heterocycles. The van der Waals surface area contributed by atoms with Crippen molar-refractivity contribution in [3.05, 3.63) is 89.1 Å². The fourth-order valence-electron chi connectivity index (χ4n) is 3.25. The first-order chi connectivity index (χ1) is 15.0. The van der Waals surface area contributed by atoms with Gasteiger partial charge in [0.25, 0.3) is 5.91 Å². The summed E-state index contributed by atoms with van der Waals surface area (Å²) >= 11 is 0. The second-order valence-electron chi connectivity index (χ2n) is 7.67. The number of amides is 1. The molecule has 0 saturated carbocycles. The maximum Gasteiger partial charge on any atom is 0.287 e. The van der Waals surface area contributed by atoms with E-state index >= 15 is 0 Å². The Morgan fingerprint density at radius 2 is 1.81 bits per heavy atom. The highest BCUT2D eigenvalue weighted by Crippen LogP contribution is 2.19. The lowest BCUT2D eigenvalue weighted by molar-refractivity contribution is 0.0906. The molecule has 1 amide bonds. The van der Waals surface area contributed by atoms with Crippen LogP contribution in [0.15, 0.2) is 65.1 Å². The molecule has 1 N–H and O–H groups in total. The van der Waals surface area contributed by atoms with E-state index in [-0.39, 0.29) is 17.8 Å². The quantitative estimate of drug-likeness (QED) is 0.489. The van der Waals surface area contributed by atoms with Gasteiger partial charge in [-0.2, -0.15) is 0 Å². The minimum Gasteiger partial charge on any atom is -0.497 e. The second-order valence-corrected chi connectivity index (χ2v) is 7.67. The summed E-state index contributed by atoms with van der Waals surface area (Å²) < 4.78 is 24.7. The number of methoxy groups -OCH3 is 1. The molecule has 0 bridgehead atoms. The van der Waals surface area contributed by atoms with E-state index < -0.39 is 0 Å². The van der Waals surface area contributed by atoms with Gasteiger partial charge < -0.3 is 14.5 Å². The highest BCUT2D eigenvalue weighted by molar-refractivity contribution is 5.91. The number of hydrogen-bond donors (Lipinski definition) is 1. The molecule has 5 nitrogen and oxygen atoms in total. The smallest absolute Gasteiger partial charge is 0.287 e. The molecule has 0 spiro atoms. The summed E-state index contributed by atoms with van der Waals surface area (Å²) in [7, 11) is 1.64. The third-order valence-corrected chi connectivity index (χ3v) is 5.12. The van der Waals surface area contributed by atoms with Gasteiger partial charge in [-0.05, 0) is 60.9 Å². The molecule has 31 heavy (non-hydrogen) atoms. The molecule has 164 valence electrons. The molecule has 1 heterocycles. The van der Waals surface area contributed by atoms with Crippen molar-refractivity contribution >= 4 is 5.91 Å². The minimum absolute atomic E-state index is 0.0839. The molecule has 1 atom stereocenters. The zero-order valence-electron chi connectivity index (χ0n) is 18.2. The van der Waals surface area contributed by atoms with Crippen LogP contribution < -0.4 is 10.1 Å². The van der Waals surface area contributed by atoms with Crippen molar-refractivity contribution in [1.82, 2.24) is 10.2 Å². The van der Waals surface area contributed by atoms with Crippen molar-refractivity contribution in [2.45, 2.75) is 45.9 Å². The van der Waals surface area contributed by atoms with Crippen molar-refractivity contribution < 1.29 is 18.3 Å². The number of hydrogen-bond acceptors (Lipinski definition) is 4. The van der Waals surface area contributed by atoms with Crippen molar-refractivity contribution in [3.8, 4) is 5.75 Å². The van der Waals surface area contributed by atoms with Crippen LogP contribution in [0.3, 0.4) is 0 Å². The van der Waals surface area contributed by atoms with E-state index in [0.717, 1.165) is 23.3 Å². The molecule has 0 fully saturated rings. The normalized spacial score (nSPS) is 12.0. The van der Waals surface area contributed by atoms with Crippen LogP contribution in [0.5, 0.6) is 5.75 Å². The molecular weight excluding hydrogens is 395 g/mol. The van der Waals surface area contributed by atoms with Crippen LogP contribution in [0.25, 0.3) is 0 Å². The van der Waals surface area contributed by atoms with Gasteiger partial charge >= 0.3 is 0 Å². The molecule has 6 heteroatoms. The summed E-state index contributed by atoms with van der Waals surface area (Å²) in [6, 6.07) is 18.0. The Balaban J connectivity index is 1.75. The van der Waals surface area contributed by atoms with E-state index in [1.54, 1.807) is 19.2 Å². The van der Waals surface area contributed by atoms with Gasteiger partial charge in [0.15, 0.2) is 5.76 Å². The summed E-state index contributed by atoms with van der Waals surface area (Å²) in [6.45, 7) is 5.63. The van der Waals surface area contributed by atoms with E-state index in [4.69, 9.17) is 9.15 Å². The highest BCUT2D eigenvalue weighted by Gasteiger charge is 2.16. The molecule has 0 radical (unpaired) electrons. The standard InChI is InChI=1S/C25H29FN2O3/c1-4-18(2)27-25(29)24-13-12-23(31-24)17-28(16-20-6-5-7-21(26)14-20)15-19-8-10-22(30-3)11-9-19/h5-14,18H,4,15-17H2,1-3H3,(H,27,29)/t18-/m0/s1. The molecule has 0 unspecified atom stereocenters. The van der Waals surface area contributed by atoms with Gasteiger partial charge in [0.05, 0.1) is 13.7 Å². The van der Waals surface area contributed by atoms with Gasteiger partial charge in [-0.1, -0.05) is 31.2 Å². The zero-order valence-corrected chi connectivity index (χ0v) is 18.2. The van der Waals surface area contributed by atoms with E-state index in [0.29, 0.717) is 31.2 Å². The molecule has 0 aliphatic carbocycles. The fraction of sp³-hybridized carbons (Fsp3) is 0.320. The Labute approximate surface area is 182 Å². The topological polar surface area (TPSA) is 54.7 Å². The number of carbonyl (C=O) groups excluding carboxylic acids is 1. The second kappa shape index (κ2) is 10.8. The zero-order chi connectivity index (χ0) is 22.2. The fourth-order valence-corrected chi connectivity index (χ4v) is 3.25. The summed E-state index contributed by atoms with van der Waals surface area (Å²) in [4.78, 5) is 14.5. The van der Waals surface area contributed by atoms with Gasteiger partial charge in [0.2, 0.25) is 0 Å². The molecule has 0 aliphatic heterocycles. The van der Waals surface area contributed by atoms with Gasteiger partial charge in [0.1, 0.15) is 17.3 Å². The van der Waals surface area contributed by atoms with Gasteiger partial charge in [0, 0.05) is 19.1 Å². The largest absolute Gasteiger partial charge is 0.497 e. The number of halogens is 1. The number of nitrogens with one attached hydrogen (secondary N) is 1. The maximum atomic E-state index is 13.7. The number of nitrogens with zero attached hydrogens (tertiary/aromatic N) is 1. The number of benzene rings is 2. The van der Waals surface area contributed by atoms with Gasteiger partial charge in [-0.25, -0.2) is 4.39 Å². The Morgan fingerprint density at radius 3 is 2.48 bits per heavy atom. The van der Waals surface area contributed by atoms with Crippen molar-refractivity contribution in [3.63, 3.8) is 0 Å². The summed E-state index contributed by atoms with van der Waals surface area (Å²) in [5.41, 5.74) is 1.97. The lowest BCUT2D eigenvalue weighted by Crippen LogP contribution is -2.31. The molecule has 0 aliphatic rings. The van der Waals surface area contributed by atoms with Crippen LogP contribution in [0.4, 0.5) is 4.39 Å². The third-order valence-electron chi connectivity index (χ3n) is 5.12. The molecule has 2 aromatic carbocycles. The van der Waals surface area contributed by atoms with E-state index in [2.05, 4.69) is 10.2 Å². The van der Waals surface area contributed by atoms with Gasteiger partial charge in [-0.3, -0.25) is 9.69 Å². The average molecular weight is 425 g/mol. The van der Waals surface area contributed by atoms with Crippen molar-refractivity contribution in [2.24, 2.45) is 0 Å². The van der Waals surface area contributed by atoms with Crippen LogP contribution >= 0.6 is 0 Å². The average Bonchev–Trinajstić information content (AvgIpc) is 3.23. The van der Waals surface area contributed by atoms with Crippen LogP contribution in [-0.4, -0.2) is 24.0 Å². The van der Waals surface area contributed by atoms with Crippen LogP contribution in [-0.2, 0) is 19.6 Å². The first-order valence-electron chi connectivity index (χ1n) is 10.5. The van der Waals surface area contributed by atoms with Crippen LogP contribution in [0.2, 0.25) is 0 Å². The summed E-state index contributed by atoms with van der Waals surface area (Å²) in [5.74, 6) is 1.30. The molecular formula is C25H29FN2O3. The first-order valence-corrected chi connectivity index (χ1v) is 10.5. The predicted octanol–water partition coefficient (Wildman–Crippen LogP) is 5.16. The Bertz CT molecular complexity index is 984. The van der Waals surface area contributed by atoms with E-state index in [1.165, 1.54) is 12.1 Å². The minimum atomic E-state index is -0.260. The predicted molar refractivity (Wildman–Crippen MR) is 118 cm³/mol. The Kier molecular flexibility index (Phi) is 7.84. The number of ether oxygens (including phenoxy) is 1. The highest BCUT2D eigenvalue weighted by atomic mass is 19.1. The van der Waals surface area contributed by atoms with E-state index in [9.17, 15) is 9.18 Å².